The van der Waals surface area contributed by atoms with Crippen molar-refractivity contribution in [3.63, 3.8) is 0 Å². The van der Waals surface area contributed by atoms with Crippen LogP contribution < -0.4 is 0 Å². The molecule has 1 N–H and O–H groups in total. The van der Waals surface area contributed by atoms with Crippen LogP contribution in [-0.2, 0) is 33.3 Å². The molecular weight excluding hydrogens is 995 g/mol. The SMILES string of the molecule is CCCCCCCCCC/C=C\CCCCCCCCCCCCCCCCCCCCCCCCCC(=O)OC(COC(=O)CCCCCCCCCCCCCCCCCCCCCC)COC(OCC[N+](C)(C)C)C(=O)O. The molecule has 0 spiro atoms. The van der Waals surface area contributed by atoms with E-state index in [4.69, 9.17) is 18.9 Å². The van der Waals surface area contributed by atoms with E-state index in [0.29, 0.717) is 17.4 Å². The Morgan fingerprint density at radius 1 is 0.362 bits per heavy atom. The van der Waals surface area contributed by atoms with Crippen molar-refractivity contribution in [2.45, 2.75) is 379 Å². The van der Waals surface area contributed by atoms with Gasteiger partial charge in [-0.05, 0) is 38.5 Å². The Morgan fingerprint density at radius 3 is 0.925 bits per heavy atom. The van der Waals surface area contributed by atoms with Crippen molar-refractivity contribution in [1.82, 2.24) is 0 Å². The summed E-state index contributed by atoms with van der Waals surface area (Å²) in [5, 5.41) is 9.74. The van der Waals surface area contributed by atoms with E-state index in [0.717, 1.165) is 38.5 Å². The van der Waals surface area contributed by atoms with Crippen molar-refractivity contribution in [3.05, 3.63) is 12.2 Å². The molecule has 0 saturated heterocycles. The van der Waals surface area contributed by atoms with Crippen LogP contribution in [0, 0.1) is 0 Å². The minimum Gasteiger partial charge on any atom is -0.477 e. The molecule has 0 fully saturated rings. The highest BCUT2D eigenvalue weighted by Crippen LogP contribution is 2.19. The van der Waals surface area contributed by atoms with Gasteiger partial charge in [0, 0.05) is 12.8 Å². The Bertz CT molecular complexity index is 1320. The number of rotatable bonds is 67. The molecule has 0 bridgehead atoms. The Labute approximate surface area is 497 Å². The zero-order chi connectivity index (χ0) is 58.3. The first-order valence-corrected chi connectivity index (χ1v) is 35.4. The molecule has 2 unspecified atom stereocenters. The maximum Gasteiger partial charge on any atom is 0.361 e. The second-order valence-corrected chi connectivity index (χ2v) is 25.6. The number of aliphatic carboxylic acids is 1. The first-order valence-electron chi connectivity index (χ1n) is 35.4. The van der Waals surface area contributed by atoms with E-state index in [1.54, 1.807) is 0 Å². The van der Waals surface area contributed by atoms with Crippen LogP contribution >= 0.6 is 0 Å². The highest BCUT2D eigenvalue weighted by molar-refractivity contribution is 5.71. The number of quaternary nitrogens is 1. The summed E-state index contributed by atoms with van der Waals surface area (Å²) in [6.45, 7) is 4.96. The summed E-state index contributed by atoms with van der Waals surface area (Å²) in [4.78, 5) is 37.6. The number of unbranched alkanes of at least 4 members (excludes halogenated alkanes) is 50. The summed E-state index contributed by atoms with van der Waals surface area (Å²) >= 11 is 0. The lowest BCUT2D eigenvalue weighted by Gasteiger charge is -2.25. The van der Waals surface area contributed by atoms with Gasteiger partial charge >= 0.3 is 17.9 Å². The fourth-order valence-corrected chi connectivity index (χ4v) is 10.8. The van der Waals surface area contributed by atoms with Crippen molar-refractivity contribution in [1.29, 1.82) is 0 Å². The van der Waals surface area contributed by atoms with Crippen LogP contribution in [0.3, 0.4) is 0 Å². The smallest absolute Gasteiger partial charge is 0.361 e. The van der Waals surface area contributed by atoms with Crippen LogP contribution in [0.5, 0.6) is 0 Å². The minimum absolute atomic E-state index is 0.173. The predicted molar refractivity (Wildman–Crippen MR) is 341 cm³/mol. The van der Waals surface area contributed by atoms with Crippen LogP contribution in [0.15, 0.2) is 12.2 Å². The first-order chi connectivity index (χ1) is 39.1. The molecular formula is C71H138NO8+. The van der Waals surface area contributed by atoms with E-state index in [1.807, 2.05) is 21.1 Å². The molecule has 0 radical (unpaired) electrons. The molecule has 0 aliphatic rings. The van der Waals surface area contributed by atoms with E-state index < -0.39 is 18.4 Å². The van der Waals surface area contributed by atoms with E-state index in [-0.39, 0.29) is 38.2 Å². The quantitative estimate of drug-likeness (QED) is 0.0211. The van der Waals surface area contributed by atoms with Gasteiger partial charge in [0.1, 0.15) is 13.2 Å². The van der Waals surface area contributed by atoms with Gasteiger partial charge in [-0.15, -0.1) is 0 Å². The van der Waals surface area contributed by atoms with Gasteiger partial charge in [0.2, 0.25) is 0 Å². The Balaban J connectivity index is 3.99. The predicted octanol–water partition coefficient (Wildman–Crippen LogP) is 21.6. The largest absolute Gasteiger partial charge is 0.477 e. The molecule has 9 heteroatoms. The molecule has 0 rings (SSSR count). The normalized spacial score (nSPS) is 12.7. The maximum atomic E-state index is 12.9. The number of likely N-dealkylation sites (N-methyl/N-ethyl adjacent to an activating group) is 1. The van der Waals surface area contributed by atoms with E-state index in [9.17, 15) is 19.5 Å². The molecule has 0 heterocycles. The number of esters is 2. The first kappa shape index (κ1) is 78.0. The minimum atomic E-state index is -1.51. The van der Waals surface area contributed by atoms with E-state index in [1.165, 1.54) is 302 Å². The lowest BCUT2D eigenvalue weighted by molar-refractivity contribution is -0.870. The number of allylic oxidation sites excluding steroid dienone is 2. The molecule has 9 nitrogen and oxygen atoms in total. The molecule has 0 aromatic rings. The fourth-order valence-electron chi connectivity index (χ4n) is 10.8. The molecule has 0 aliphatic heterocycles. The lowest BCUT2D eigenvalue weighted by atomic mass is 10.0. The summed E-state index contributed by atoms with van der Waals surface area (Å²) in [7, 11) is 5.99. The van der Waals surface area contributed by atoms with Crippen LogP contribution in [0.25, 0.3) is 0 Å². The number of carbonyl (C=O) groups is 3. The van der Waals surface area contributed by atoms with E-state index in [2.05, 4.69) is 26.0 Å². The second-order valence-electron chi connectivity index (χ2n) is 25.6. The Morgan fingerprint density at radius 2 is 0.637 bits per heavy atom. The monoisotopic (exact) mass is 1130 g/mol. The van der Waals surface area contributed by atoms with Crippen LogP contribution in [0.4, 0.5) is 0 Å². The highest BCUT2D eigenvalue weighted by Gasteiger charge is 2.25. The van der Waals surface area contributed by atoms with Gasteiger partial charge < -0.3 is 28.5 Å². The highest BCUT2D eigenvalue weighted by atomic mass is 16.7. The molecule has 0 aromatic carbocycles. The third-order valence-electron chi connectivity index (χ3n) is 16.3. The average molecular weight is 1130 g/mol. The summed E-state index contributed by atoms with van der Waals surface area (Å²) < 4.78 is 23.0. The summed E-state index contributed by atoms with van der Waals surface area (Å²) in [5.41, 5.74) is 0. The summed E-state index contributed by atoms with van der Waals surface area (Å²) in [6.07, 6.45) is 73.4. The van der Waals surface area contributed by atoms with E-state index >= 15 is 0 Å². The van der Waals surface area contributed by atoms with Crippen LogP contribution in [-0.4, -0.2) is 87.4 Å². The number of hydrogen-bond acceptors (Lipinski definition) is 7. The lowest BCUT2D eigenvalue weighted by Crippen LogP contribution is -2.40. The number of hydrogen-bond donors (Lipinski definition) is 1. The zero-order valence-corrected chi connectivity index (χ0v) is 54.3. The van der Waals surface area contributed by atoms with Crippen molar-refractivity contribution in [2.75, 3.05) is 47.5 Å². The van der Waals surface area contributed by atoms with Gasteiger partial charge in [-0.2, -0.15) is 0 Å². The molecule has 0 aromatic heterocycles. The molecule has 0 amide bonds. The summed E-state index contributed by atoms with van der Waals surface area (Å²) in [5.74, 6) is -1.97. The zero-order valence-electron chi connectivity index (χ0n) is 54.3. The molecule has 0 saturated carbocycles. The maximum absolute atomic E-state index is 12.9. The van der Waals surface area contributed by atoms with Crippen molar-refractivity contribution in [2.24, 2.45) is 0 Å². The molecule has 0 aliphatic carbocycles. The fraction of sp³-hybridized carbons (Fsp3) is 0.930. The topological polar surface area (TPSA) is 108 Å². The van der Waals surface area contributed by atoms with Gasteiger partial charge in [0.15, 0.2) is 6.10 Å². The van der Waals surface area contributed by atoms with Gasteiger partial charge in [0.25, 0.3) is 6.29 Å². The average Bonchev–Trinajstić information content (AvgIpc) is 3.43. The van der Waals surface area contributed by atoms with Crippen molar-refractivity contribution in [3.8, 4) is 0 Å². The second kappa shape index (κ2) is 63.1. The number of carbonyl (C=O) groups excluding carboxylic acids is 2. The third-order valence-corrected chi connectivity index (χ3v) is 16.3. The Kier molecular flexibility index (Phi) is 61.5. The summed E-state index contributed by atoms with van der Waals surface area (Å²) in [6, 6.07) is 0. The van der Waals surface area contributed by atoms with Gasteiger partial charge in [-0.1, -0.05) is 328 Å². The molecule has 80 heavy (non-hydrogen) atoms. The number of carboxylic acids is 1. The van der Waals surface area contributed by atoms with Crippen LogP contribution in [0.2, 0.25) is 0 Å². The third kappa shape index (κ3) is 63.6. The molecule has 2 atom stereocenters. The van der Waals surface area contributed by atoms with Crippen molar-refractivity contribution >= 4 is 17.9 Å². The van der Waals surface area contributed by atoms with Gasteiger partial charge in [-0.3, -0.25) is 9.59 Å². The Hall–Kier alpha value is -1.97. The van der Waals surface area contributed by atoms with Gasteiger partial charge in [-0.25, -0.2) is 4.79 Å². The van der Waals surface area contributed by atoms with Gasteiger partial charge in [0.05, 0.1) is 34.4 Å². The number of nitrogens with zero attached hydrogens (tertiary/aromatic N) is 1. The number of carboxylic acid groups (broad SMARTS) is 1. The van der Waals surface area contributed by atoms with Crippen LogP contribution in [0.1, 0.15) is 367 Å². The molecule has 474 valence electrons. The standard InChI is InChI=1S/C71H137NO8/c1-6-8-10-12-14-16-18-20-22-24-26-28-29-30-31-32-33-34-35-36-37-38-39-40-41-42-44-46-48-50-52-54-56-58-60-62-69(74)80-67(66-79-71(70(75)76)77-64-63-72(3,4)5)65-78-68(73)61-59-57-55-53-51-49-47-45-43-27-25-23-21-19-17-15-13-11-9-7-2/h24,26,67,71H,6-23,25,27-66H2,1-5H3/p+1/b26-24-. The number of ether oxygens (including phenoxy) is 4. The van der Waals surface area contributed by atoms with Crippen molar-refractivity contribution < 1.29 is 42.9 Å².